The van der Waals surface area contributed by atoms with Crippen LogP contribution in [0.4, 0.5) is 4.39 Å². The van der Waals surface area contributed by atoms with Gasteiger partial charge < -0.3 is 10.5 Å². The van der Waals surface area contributed by atoms with Gasteiger partial charge in [-0.2, -0.15) is 0 Å². The molecule has 2 nitrogen and oxygen atoms in total. The van der Waals surface area contributed by atoms with Crippen molar-refractivity contribution in [1.29, 1.82) is 0 Å². The van der Waals surface area contributed by atoms with Gasteiger partial charge >= 0.3 is 0 Å². The number of methoxy groups -OCH3 is 1. The lowest BCUT2D eigenvalue weighted by atomic mass is 10.1. The third-order valence-electron chi connectivity index (χ3n) is 1.82. The van der Waals surface area contributed by atoms with E-state index in [1.54, 1.807) is 12.1 Å². The Kier molecular flexibility index (Phi) is 5.20. The van der Waals surface area contributed by atoms with Crippen LogP contribution in [0, 0.1) is 5.82 Å². The molecule has 0 aliphatic rings. The topological polar surface area (TPSA) is 35.2 Å². The van der Waals surface area contributed by atoms with Gasteiger partial charge in [0.2, 0.25) is 0 Å². The van der Waals surface area contributed by atoms with Crippen LogP contribution in [0.25, 0.3) is 0 Å². The van der Waals surface area contributed by atoms with Gasteiger partial charge in [-0.25, -0.2) is 4.39 Å². The van der Waals surface area contributed by atoms with E-state index in [2.05, 4.69) is 6.58 Å². The Morgan fingerprint density at radius 2 is 2.21 bits per heavy atom. The van der Waals surface area contributed by atoms with Crippen LogP contribution in [0.1, 0.15) is 11.6 Å². The smallest absolute Gasteiger partial charge is 0.132 e. The second-order valence-corrected chi connectivity index (χ2v) is 2.62. The van der Waals surface area contributed by atoms with Crippen LogP contribution in [0.3, 0.4) is 0 Å². The van der Waals surface area contributed by atoms with Crippen LogP contribution in [0.5, 0.6) is 5.75 Å². The Morgan fingerprint density at radius 3 is 2.71 bits per heavy atom. The lowest BCUT2D eigenvalue weighted by Crippen LogP contribution is -2.10. The number of hydrogen-bond donors (Lipinski definition) is 1. The molecule has 1 aromatic rings. The predicted molar refractivity (Wildman–Crippen MR) is 57.3 cm³/mol. The summed E-state index contributed by atoms with van der Waals surface area (Å²) in [4.78, 5) is 0. The lowest BCUT2D eigenvalue weighted by Gasteiger charge is -2.12. The van der Waals surface area contributed by atoms with Crippen molar-refractivity contribution in [2.45, 2.75) is 6.04 Å². The molecule has 4 heteroatoms. The van der Waals surface area contributed by atoms with Crippen LogP contribution in [0.2, 0.25) is 0 Å². The second kappa shape index (κ2) is 5.62. The molecule has 0 heterocycles. The zero-order valence-corrected chi connectivity index (χ0v) is 8.68. The summed E-state index contributed by atoms with van der Waals surface area (Å²) in [7, 11) is 1.48. The molecule has 0 fully saturated rings. The number of rotatable bonds is 3. The highest BCUT2D eigenvalue weighted by molar-refractivity contribution is 5.85. The molecule has 0 bridgehead atoms. The van der Waals surface area contributed by atoms with E-state index in [9.17, 15) is 4.39 Å². The summed E-state index contributed by atoms with van der Waals surface area (Å²) in [6.07, 6.45) is 1.47. The number of hydrogen-bond acceptors (Lipinski definition) is 2. The Labute approximate surface area is 89.0 Å². The number of nitrogens with two attached hydrogens (primary N) is 1. The fourth-order valence-electron chi connectivity index (χ4n) is 1.14. The van der Waals surface area contributed by atoms with Gasteiger partial charge in [0.05, 0.1) is 18.7 Å². The Hall–Kier alpha value is -1.06. The maximum absolute atomic E-state index is 13.3. The molecule has 0 aromatic heterocycles. The highest BCUT2D eigenvalue weighted by Gasteiger charge is 2.13. The summed E-state index contributed by atoms with van der Waals surface area (Å²) in [6, 6.07) is 4.06. The van der Waals surface area contributed by atoms with Gasteiger partial charge in [-0.1, -0.05) is 12.1 Å². The molecule has 1 rings (SSSR count). The molecule has 2 N–H and O–H groups in total. The fraction of sp³-hybridized carbons (Fsp3) is 0.200. The summed E-state index contributed by atoms with van der Waals surface area (Å²) >= 11 is 0. The predicted octanol–water partition coefficient (Wildman–Crippen LogP) is 2.44. The van der Waals surface area contributed by atoms with Crippen LogP contribution in [0.15, 0.2) is 30.9 Å². The minimum absolute atomic E-state index is 0. The van der Waals surface area contributed by atoms with E-state index < -0.39 is 6.04 Å². The summed E-state index contributed by atoms with van der Waals surface area (Å²) in [6.45, 7) is 3.51. The molecule has 14 heavy (non-hydrogen) atoms. The van der Waals surface area contributed by atoms with E-state index >= 15 is 0 Å². The molecule has 0 aliphatic carbocycles. The average molecular weight is 218 g/mol. The third-order valence-corrected chi connectivity index (χ3v) is 1.82. The first-order valence-corrected chi connectivity index (χ1v) is 3.91. The largest absolute Gasteiger partial charge is 0.496 e. The minimum Gasteiger partial charge on any atom is -0.496 e. The first kappa shape index (κ1) is 12.9. The molecular weight excluding hydrogens is 205 g/mol. The van der Waals surface area contributed by atoms with Crippen molar-refractivity contribution in [3.8, 4) is 5.75 Å². The number of benzene rings is 1. The van der Waals surface area contributed by atoms with Crippen LogP contribution in [-0.2, 0) is 0 Å². The quantitative estimate of drug-likeness (QED) is 0.790. The third kappa shape index (κ3) is 2.47. The normalized spacial score (nSPS) is 11.4. The van der Waals surface area contributed by atoms with Crippen molar-refractivity contribution in [2.24, 2.45) is 5.73 Å². The SMILES string of the molecule is C=C[C@@H](N)c1c(F)cccc1OC.Cl. The summed E-state index contributed by atoms with van der Waals surface area (Å²) < 4.78 is 18.2. The zero-order chi connectivity index (χ0) is 9.84. The molecular formula is C10H13ClFNO. The van der Waals surface area contributed by atoms with Crippen LogP contribution in [-0.4, -0.2) is 7.11 Å². The standard InChI is InChI=1S/C10H12FNO.ClH/c1-3-8(12)10-7(11)5-4-6-9(10)13-2;/h3-6,8H,1,12H2,2H3;1H/t8-;/m1./s1. The summed E-state index contributed by atoms with van der Waals surface area (Å²) in [5.74, 6) is 0.0825. The van der Waals surface area contributed by atoms with Gasteiger partial charge in [-0.05, 0) is 12.1 Å². The Bertz CT molecular complexity index is 317. The first-order valence-electron chi connectivity index (χ1n) is 3.91. The fourth-order valence-corrected chi connectivity index (χ4v) is 1.14. The molecule has 78 valence electrons. The zero-order valence-electron chi connectivity index (χ0n) is 7.87. The van der Waals surface area contributed by atoms with Crippen molar-refractivity contribution in [3.05, 3.63) is 42.2 Å². The van der Waals surface area contributed by atoms with E-state index in [-0.39, 0.29) is 18.2 Å². The highest BCUT2D eigenvalue weighted by Crippen LogP contribution is 2.26. The van der Waals surface area contributed by atoms with Crippen molar-refractivity contribution in [2.75, 3.05) is 7.11 Å². The van der Waals surface area contributed by atoms with Gasteiger partial charge in [0.15, 0.2) is 0 Å². The van der Waals surface area contributed by atoms with Crippen molar-refractivity contribution < 1.29 is 9.13 Å². The van der Waals surface area contributed by atoms with Gasteiger partial charge in [-0.3, -0.25) is 0 Å². The minimum atomic E-state index is -0.531. The molecule has 0 spiro atoms. The van der Waals surface area contributed by atoms with Crippen molar-refractivity contribution >= 4 is 12.4 Å². The molecule has 1 atom stereocenters. The monoisotopic (exact) mass is 217 g/mol. The van der Waals surface area contributed by atoms with Crippen molar-refractivity contribution in [1.82, 2.24) is 0 Å². The molecule has 1 aromatic carbocycles. The van der Waals surface area contributed by atoms with Crippen molar-refractivity contribution in [3.63, 3.8) is 0 Å². The molecule has 0 unspecified atom stereocenters. The maximum Gasteiger partial charge on any atom is 0.132 e. The molecule has 0 saturated heterocycles. The molecule has 0 aliphatic heterocycles. The molecule has 0 radical (unpaired) electrons. The first-order chi connectivity index (χ1) is 6.20. The van der Waals surface area contributed by atoms with E-state index in [0.29, 0.717) is 11.3 Å². The second-order valence-electron chi connectivity index (χ2n) is 2.62. The molecule has 0 saturated carbocycles. The Morgan fingerprint density at radius 1 is 1.57 bits per heavy atom. The van der Waals surface area contributed by atoms with E-state index in [1.807, 2.05) is 0 Å². The lowest BCUT2D eigenvalue weighted by molar-refractivity contribution is 0.402. The summed E-state index contributed by atoms with van der Waals surface area (Å²) in [5.41, 5.74) is 5.98. The van der Waals surface area contributed by atoms with Gasteiger partial charge in [-0.15, -0.1) is 19.0 Å². The maximum atomic E-state index is 13.3. The van der Waals surface area contributed by atoms with Crippen LogP contribution >= 0.6 is 12.4 Å². The van der Waals surface area contributed by atoms with E-state index in [0.717, 1.165) is 0 Å². The Balaban J connectivity index is 0.00000169. The van der Waals surface area contributed by atoms with Crippen LogP contribution < -0.4 is 10.5 Å². The average Bonchev–Trinajstić information content (AvgIpc) is 2.16. The van der Waals surface area contributed by atoms with Gasteiger partial charge in [0.1, 0.15) is 11.6 Å². The number of ether oxygens (including phenoxy) is 1. The summed E-state index contributed by atoms with van der Waals surface area (Å²) in [5, 5.41) is 0. The van der Waals surface area contributed by atoms with E-state index in [4.69, 9.17) is 10.5 Å². The highest BCUT2D eigenvalue weighted by atomic mass is 35.5. The van der Waals surface area contributed by atoms with E-state index in [1.165, 1.54) is 19.3 Å². The molecule has 0 amide bonds. The van der Waals surface area contributed by atoms with Gasteiger partial charge in [0.25, 0.3) is 0 Å². The van der Waals surface area contributed by atoms with Gasteiger partial charge in [0, 0.05) is 0 Å². The number of halogens is 2.